The van der Waals surface area contributed by atoms with Crippen LogP contribution < -0.4 is 10.1 Å². The molecule has 2 nitrogen and oxygen atoms in total. The summed E-state index contributed by atoms with van der Waals surface area (Å²) in [6.45, 7) is 3.87. The van der Waals surface area contributed by atoms with Crippen molar-refractivity contribution in [3.63, 3.8) is 0 Å². The average Bonchev–Trinajstić information content (AvgIpc) is 2.86. The van der Waals surface area contributed by atoms with Gasteiger partial charge in [0.05, 0.1) is 6.61 Å². The summed E-state index contributed by atoms with van der Waals surface area (Å²) in [6.07, 6.45) is 2.05. The van der Waals surface area contributed by atoms with Crippen LogP contribution in [0.4, 0.5) is 0 Å². The van der Waals surface area contributed by atoms with Crippen LogP contribution in [0.15, 0.2) is 46.3 Å². The zero-order chi connectivity index (χ0) is 14.2. The highest BCUT2D eigenvalue weighted by Crippen LogP contribution is 2.24. The Bertz CT molecular complexity index is 500. The second-order valence-electron chi connectivity index (χ2n) is 4.60. The summed E-state index contributed by atoms with van der Waals surface area (Å²) in [5.74, 6) is 0.944. The van der Waals surface area contributed by atoms with Crippen LogP contribution in [0.25, 0.3) is 0 Å². The summed E-state index contributed by atoms with van der Waals surface area (Å²) in [5.41, 5.74) is 0. The number of ether oxygens (including phenoxy) is 1. The average molecular weight is 354 g/mol. The van der Waals surface area contributed by atoms with Crippen LogP contribution in [0.3, 0.4) is 0 Å². The number of hydrogen-bond donors (Lipinski definition) is 1. The summed E-state index contributed by atoms with van der Waals surface area (Å²) in [7, 11) is 0. The van der Waals surface area contributed by atoms with Gasteiger partial charge in [0, 0.05) is 15.4 Å². The molecule has 20 heavy (non-hydrogen) atoms. The van der Waals surface area contributed by atoms with Gasteiger partial charge in [0.25, 0.3) is 0 Å². The summed E-state index contributed by atoms with van der Waals surface area (Å²) in [6, 6.07) is 12.6. The molecule has 1 aromatic carbocycles. The molecule has 0 aliphatic rings. The van der Waals surface area contributed by atoms with Gasteiger partial charge in [-0.2, -0.15) is 0 Å². The largest absolute Gasteiger partial charge is 0.494 e. The highest BCUT2D eigenvalue weighted by Gasteiger charge is 2.11. The summed E-state index contributed by atoms with van der Waals surface area (Å²) >= 11 is 5.41. The van der Waals surface area contributed by atoms with E-state index in [-0.39, 0.29) is 0 Å². The van der Waals surface area contributed by atoms with Gasteiger partial charge in [-0.05, 0) is 58.9 Å². The Balaban J connectivity index is 1.82. The Kier molecular flexibility index (Phi) is 6.57. The molecule has 0 saturated heterocycles. The lowest BCUT2D eigenvalue weighted by atomic mass is 10.1. The minimum Gasteiger partial charge on any atom is -0.494 e. The molecule has 0 amide bonds. The number of thiophene rings is 1. The molecule has 0 radical (unpaired) electrons. The quantitative estimate of drug-likeness (QED) is 0.754. The SMILES string of the molecule is CCNC(CCOc1ccccc1)Cc1sccc1Br. The highest BCUT2D eigenvalue weighted by molar-refractivity contribution is 9.10. The van der Waals surface area contributed by atoms with Gasteiger partial charge in [-0.25, -0.2) is 0 Å². The molecule has 0 aliphatic heterocycles. The van der Waals surface area contributed by atoms with Crippen molar-refractivity contribution in [3.8, 4) is 5.75 Å². The summed E-state index contributed by atoms with van der Waals surface area (Å²) in [5, 5.41) is 5.67. The van der Waals surface area contributed by atoms with E-state index in [4.69, 9.17) is 4.74 Å². The molecule has 2 aromatic rings. The van der Waals surface area contributed by atoms with Crippen molar-refractivity contribution < 1.29 is 4.74 Å². The predicted molar refractivity (Wildman–Crippen MR) is 89.7 cm³/mol. The zero-order valence-corrected chi connectivity index (χ0v) is 14.0. The Morgan fingerprint density at radius 1 is 1.25 bits per heavy atom. The van der Waals surface area contributed by atoms with Crippen LogP contribution in [0, 0.1) is 0 Å². The smallest absolute Gasteiger partial charge is 0.119 e. The van der Waals surface area contributed by atoms with Crippen molar-refractivity contribution in [2.75, 3.05) is 13.2 Å². The summed E-state index contributed by atoms with van der Waals surface area (Å²) in [4.78, 5) is 1.40. The van der Waals surface area contributed by atoms with Gasteiger partial charge in [0.15, 0.2) is 0 Å². The van der Waals surface area contributed by atoms with Gasteiger partial charge in [0.2, 0.25) is 0 Å². The van der Waals surface area contributed by atoms with Gasteiger partial charge in [-0.3, -0.25) is 0 Å². The molecule has 108 valence electrons. The van der Waals surface area contributed by atoms with Gasteiger partial charge in [-0.15, -0.1) is 11.3 Å². The number of benzene rings is 1. The van der Waals surface area contributed by atoms with Gasteiger partial charge in [0.1, 0.15) is 5.75 Å². The highest BCUT2D eigenvalue weighted by atomic mass is 79.9. The first-order valence-electron chi connectivity index (χ1n) is 6.92. The Labute approximate surface area is 133 Å². The number of para-hydroxylation sites is 1. The van der Waals surface area contributed by atoms with E-state index in [0.29, 0.717) is 6.04 Å². The van der Waals surface area contributed by atoms with Crippen LogP contribution in [0.1, 0.15) is 18.2 Å². The van der Waals surface area contributed by atoms with Crippen molar-refractivity contribution in [1.82, 2.24) is 5.32 Å². The number of likely N-dealkylation sites (N-methyl/N-ethyl adjacent to an activating group) is 1. The molecule has 0 aliphatic carbocycles. The van der Waals surface area contributed by atoms with Crippen molar-refractivity contribution in [2.24, 2.45) is 0 Å². The third kappa shape index (κ3) is 4.93. The van der Waals surface area contributed by atoms with Crippen LogP contribution in [-0.2, 0) is 6.42 Å². The fourth-order valence-corrected chi connectivity index (χ4v) is 3.69. The van der Waals surface area contributed by atoms with Crippen molar-refractivity contribution in [3.05, 3.63) is 51.1 Å². The molecular formula is C16H20BrNOS. The second-order valence-corrected chi connectivity index (χ2v) is 6.46. The Hall–Kier alpha value is -0.840. The molecule has 0 fully saturated rings. The Morgan fingerprint density at radius 3 is 2.70 bits per heavy atom. The van der Waals surface area contributed by atoms with E-state index in [1.165, 1.54) is 9.35 Å². The normalized spacial score (nSPS) is 12.3. The molecule has 1 aromatic heterocycles. The van der Waals surface area contributed by atoms with E-state index in [9.17, 15) is 0 Å². The first kappa shape index (κ1) is 15.5. The standard InChI is InChI=1S/C16H20BrNOS/c1-2-18-13(12-16-15(17)9-11-20-16)8-10-19-14-6-4-3-5-7-14/h3-7,9,11,13,18H,2,8,10,12H2,1H3. The number of halogens is 1. The van der Waals surface area contributed by atoms with E-state index in [0.717, 1.165) is 31.7 Å². The summed E-state index contributed by atoms with van der Waals surface area (Å²) < 4.78 is 7.00. The first-order chi connectivity index (χ1) is 9.79. The lowest BCUT2D eigenvalue weighted by Gasteiger charge is -2.17. The molecule has 0 spiro atoms. The van der Waals surface area contributed by atoms with Crippen LogP contribution >= 0.6 is 27.3 Å². The van der Waals surface area contributed by atoms with E-state index in [1.54, 1.807) is 11.3 Å². The maximum absolute atomic E-state index is 5.78. The molecule has 2 rings (SSSR count). The van der Waals surface area contributed by atoms with Gasteiger partial charge < -0.3 is 10.1 Å². The monoisotopic (exact) mass is 353 g/mol. The number of rotatable bonds is 8. The molecule has 4 heteroatoms. The van der Waals surface area contributed by atoms with Gasteiger partial charge in [-0.1, -0.05) is 25.1 Å². The van der Waals surface area contributed by atoms with Gasteiger partial charge >= 0.3 is 0 Å². The molecule has 1 atom stereocenters. The molecule has 1 unspecified atom stereocenters. The second kappa shape index (κ2) is 8.45. The van der Waals surface area contributed by atoms with Crippen LogP contribution in [-0.4, -0.2) is 19.2 Å². The predicted octanol–water partition coefficient (Wildman–Crippen LogP) is 4.50. The molecular weight excluding hydrogens is 334 g/mol. The maximum Gasteiger partial charge on any atom is 0.119 e. The minimum atomic E-state index is 0.457. The zero-order valence-electron chi connectivity index (χ0n) is 11.6. The number of nitrogens with one attached hydrogen (secondary N) is 1. The van der Waals surface area contributed by atoms with Crippen LogP contribution in [0.5, 0.6) is 5.75 Å². The van der Waals surface area contributed by atoms with E-state index >= 15 is 0 Å². The molecule has 0 saturated carbocycles. The fraction of sp³-hybridized carbons (Fsp3) is 0.375. The topological polar surface area (TPSA) is 21.3 Å². The lowest BCUT2D eigenvalue weighted by molar-refractivity contribution is 0.286. The lowest BCUT2D eigenvalue weighted by Crippen LogP contribution is -2.32. The maximum atomic E-state index is 5.78. The third-order valence-electron chi connectivity index (χ3n) is 3.09. The van der Waals surface area contributed by atoms with Crippen molar-refractivity contribution in [1.29, 1.82) is 0 Å². The first-order valence-corrected chi connectivity index (χ1v) is 8.60. The van der Waals surface area contributed by atoms with E-state index < -0.39 is 0 Å². The Morgan fingerprint density at radius 2 is 2.05 bits per heavy atom. The van der Waals surface area contributed by atoms with Crippen molar-refractivity contribution in [2.45, 2.75) is 25.8 Å². The fourth-order valence-electron chi connectivity index (χ4n) is 2.10. The molecule has 1 N–H and O–H groups in total. The third-order valence-corrected chi connectivity index (χ3v) is 5.04. The van der Waals surface area contributed by atoms with E-state index in [2.05, 4.69) is 39.6 Å². The molecule has 0 bridgehead atoms. The van der Waals surface area contributed by atoms with Crippen LogP contribution in [0.2, 0.25) is 0 Å². The van der Waals surface area contributed by atoms with E-state index in [1.807, 2.05) is 30.3 Å². The molecule has 1 heterocycles. The van der Waals surface area contributed by atoms with Crippen molar-refractivity contribution >= 4 is 27.3 Å². The number of hydrogen-bond acceptors (Lipinski definition) is 3. The minimum absolute atomic E-state index is 0.457.